The fourth-order valence-corrected chi connectivity index (χ4v) is 3.96. The molecule has 0 aromatic carbocycles. The Hall–Kier alpha value is -1.46. The van der Waals surface area contributed by atoms with Gasteiger partial charge >= 0.3 is 0 Å². The van der Waals surface area contributed by atoms with E-state index < -0.39 is 0 Å². The Bertz CT molecular complexity index is 667. The van der Waals surface area contributed by atoms with Gasteiger partial charge in [-0.05, 0) is 64.8 Å². The molecule has 2 saturated heterocycles. The molecule has 2 aromatic heterocycles. The predicted octanol–water partition coefficient (Wildman–Crippen LogP) is 3.33. The zero-order valence-corrected chi connectivity index (χ0v) is 14.1. The van der Waals surface area contributed by atoms with Crippen LogP contribution in [0.5, 0.6) is 0 Å². The Kier molecular flexibility index (Phi) is 4.07. The zero-order chi connectivity index (χ0) is 15.8. The van der Waals surface area contributed by atoms with Crippen molar-refractivity contribution in [3.63, 3.8) is 0 Å². The molecule has 0 bridgehead atoms. The van der Waals surface area contributed by atoms with Gasteiger partial charge in [-0.2, -0.15) is 0 Å². The van der Waals surface area contributed by atoms with Crippen LogP contribution in [0.25, 0.3) is 11.2 Å². The lowest BCUT2D eigenvalue weighted by atomic mass is 9.95. The van der Waals surface area contributed by atoms with Crippen LogP contribution in [-0.4, -0.2) is 45.2 Å². The van der Waals surface area contributed by atoms with Gasteiger partial charge in [-0.1, -0.05) is 0 Å². The molecule has 0 spiro atoms. The number of likely N-dealkylation sites (tertiary alicyclic amines) is 1. The van der Waals surface area contributed by atoms with Crippen LogP contribution in [0.2, 0.25) is 0 Å². The molecule has 5 heteroatoms. The number of aromatic nitrogens is 3. The van der Waals surface area contributed by atoms with Gasteiger partial charge in [0.15, 0.2) is 5.65 Å². The summed E-state index contributed by atoms with van der Waals surface area (Å²) < 4.78 is 8.26. The van der Waals surface area contributed by atoms with Crippen molar-refractivity contribution in [1.29, 1.82) is 0 Å². The predicted molar refractivity (Wildman–Crippen MR) is 90.4 cm³/mol. The summed E-state index contributed by atoms with van der Waals surface area (Å²) in [7, 11) is 0. The van der Waals surface area contributed by atoms with E-state index in [4.69, 9.17) is 9.72 Å². The van der Waals surface area contributed by atoms with Crippen LogP contribution in [0.1, 0.15) is 57.5 Å². The minimum atomic E-state index is 0.119. The van der Waals surface area contributed by atoms with Gasteiger partial charge in [0.1, 0.15) is 17.6 Å². The molecule has 124 valence electrons. The monoisotopic (exact) mass is 314 g/mol. The minimum Gasteiger partial charge on any atom is -0.358 e. The van der Waals surface area contributed by atoms with E-state index in [0.717, 1.165) is 43.7 Å². The van der Waals surface area contributed by atoms with Crippen LogP contribution < -0.4 is 0 Å². The quantitative estimate of drug-likeness (QED) is 0.871. The van der Waals surface area contributed by atoms with Crippen LogP contribution in [0.4, 0.5) is 0 Å². The first-order chi connectivity index (χ1) is 11.2. The number of rotatable bonds is 3. The van der Waals surface area contributed by atoms with E-state index in [1.54, 1.807) is 0 Å². The molecule has 4 rings (SSSR count). The number of fused-ring (bicyclic) bond motifs is 1. The van der Waals surface area contributed by atoms with Crippen molar-refractivity contribution in [1.82, 2.24) is 19.4 Å². The molecule has 0 aliphatic carbocycles. The summed E-state index contributed by atoms with van der Waals surface area (Å²) in [5, 5.41) is 0. The van der Waals surface area contributed by atoms with Gasteiger partial charge in [0.05, 0.1) is 0 Å². The molecule has 2 fully saturated rings. The largest absolute Gasteiger partial charge is 0.358 e. The Balaban J connectivity index is 1.68. The van der Waals surface area contributed by atoms with Crippen LogP contribution in [0.3, 0.4) is 0 Å². The van der Waals surface area contributed by atoms with E-state index in [9.17, 15) is 0 Å². The average Bonchev–Trinajstić information content (AvgIpc) is 3.21. The van der Waals surface area contributed by atoms with Gasteiger partial charge in [0, 0.05) is 24.8 Å². The van der Waals surface area contributed by atoms with E-state index in [1.165, 1.54) is 18.7 Å². The average molecular weight is 314 g/mol. The molecule has 2 aliphatic heterocycles. The van der Waals surface area contributed by atoms with Crippen LogP contribution in [0.15, 0.2) is 18.3 Å². The van der Waals surface area contributed by atoms with Crippen molar-refractivity contribution >= 4 is 11.2 Å². The Morgan fingerprint density at radius 3 is 2.74 bits per heavy atom. The van der Waals surface area contributed by atoms with Crippen LogP contribution in [-0.2, 0) is 4.74 Å². The molecule has 0 N–H and O–H groups in total. The first kappa shape index (κ1) is 15.1. The van der Waals surface area contributed by atoms with Crippen LogP contribution in [0, 0.1) is 0 Å². The molecular weight excluding hydrogens is 288 g/mol. The lowest BCUT2D eigenvalue weighted by Gasteiger charge is -2.34. The van der Waals surface area contributed by atoms with Gasteiger partial charge in [0.25, 0.3) is 0 Å². The second kappa shape index (κ2) is 6.21. The van der Waals surface area contributed by atoms with E-state index in [2.05, 4.69) is 34.4 Å². The number of piperidine rings is 1. The number of ether oxygens (including phenoxy) is 1. The van der Waals surface area contributed by atoms with Crippen molar-refractivity contribution in [3.8, 4) is 0 Å². The highest BCUT2D eigenvalue weighted by Gasteiger charge is 2.30. The van der Waals surface area contributed by atoms with Crippen molar-refractivity contribution in [2.24, 2.45) is 0 Å². The fraction of sp³-hybridized carbons (Fsp3) is 0.667. The lowest BCUT2D eigenvalue weighted by molar-refractivity contribution is 0.0546. The van der Waals surface area contributed by atoms with Crippen LogP contribution >= 0.6 is 0 Å². The molecule has 2 aliphatic rings. The summed E-state index contributed by atoms with van der Waals surface area (Å²) in [5.41, 5.74) is 1.99. The van der Waals surface area contributed by atoms with Crippen molar-refractivity contribution < 1.29 is 4.74 Å². The Labute approximate surface area is 137 Å². The number of nitrogens with zero attached hydrogens (tertiary/aromatic N) is 4. The standard InChI is InChI=1S/C18H26N4O/c1-13(2)21-10-7-14(8-11-21)17-20-15-5-3-9-19-18(15)22(17)16-6-4-12-23-16/h3,5,9,13-14,16H,4,6-8,10-12H2,1-2H3. The molecule has 0 saturated carbocycles. The summed E-state index contributed by atoms with van der Waals surface area (Å²) in [4.78, 5) is 12.1. The summed E-state index contributed by atoms with van der Waals surface area (Å²) in [6, 6.07) is 4.68. The van der Waals surface area contributed by atoms with Crippen molar-refractivity contribution in [3.05, 3.63) is 24.2 Å². The molecule has 5 nitrogen and oxygen atoms in total. The van der Waals surface area contributed by atoms with Crippen molar-refractivity contribution in [2.75, 3.05) is 19.7 Å². The van der Waals surface area contributed by atoms with Crippen molar-refractivity contribution in [2.45, 2.75) is 57.7 Å². The molecule has 23 heavy (non-hydrogen) atoms. The molecular formula is C18H26N4O. The lowest BCUT2D eigenvalue weighted by Crippen LogP contribution is -2.38. The number of hydrogen-bond donors (Lipinski definition) is 0. The van der Waals surface area contributed by atoms with Gasteiger partial charge in [-0.3, -0.25) is 4.57 Å². The second-order valence-electron chi connectivity index (χ2n) is 7.06. The van der Waals surface area contributed by atoms with Gasteiger partial charge < -0.3 is 9.64 Å². The maximum absolute atomic E-state index is 5.97. The van der Waals surface area contributed by atoms with Gasteiger partial charge in [-0.25, -0.2) is 9.97 Å². The first-order valence-corrected chi connectivity index (χ1v) is 8.92. The highest BCUT2D eigenvalue weighted by atomic mass is 16.5. The smallest absolute Gasteiger partial charge is 0.162 e. The van der Waals surface area contributed by atoms with E-state index in [1.807, 2.05) is 12.3 Å². The van der Waals surface area contributed by atoms with Gasteiger partial charge in [0.2, 0.25) is 0 Å². The molecule has 4 heterocycles. The highest BCUT2D eigenvalue weighted by Crippen LogP contribution is 2.35. The zero-order valence-electron chi connectivity index (χ0n) is 14.1. The van der Waals surface area contributed by atoms with E-state index >= 15 is 0 Å². The summed E-state index contributed by atoms with van der Waals surface area (Å²) in [5.74, 6) is 1.71. The molecule has 0 amide bonds. The third-order valence-corrected chi connectivity index (χ3v) is 5.29. The highest BCUT2D eigenvalue weighted by molar-refractivity contribution is 5.71. The maximum Gasteiger partial charge on any atom is 0.162 e. The number of hydrogen-bond acceptors (Lipinski definition) is 4. The second-order valence-corrected chi connectivity index (χ2v) is 7.06. The SMILES string of the molecule is CC(C)N1CCC(c2nc3cccnc3n2C2CCCO2)CC1. The number of imidazole rings is 1. The maximum atomic E-state index is 5.97. The molecule has 1 unspecified atom stereocenters. The fourth-order valence-electron chi connectivity index (χ4n) is 3.96. The third kappa shape index (κ3) is 2.76. The summed E-state index contributed by atoms with van der Waals surface area (Å²) in [6.45, 7) is 7.73. The first-order valence-electron chi connectivity index (χ1n) is 8.92. The summed E-state index contributed by atoms with van der Waals surface area (Å²) in [6.07, 6.45) is 6.53. The minimum absolute atomic E-state index is 0.119. The summed E-state index contributed by atoms with van der Waals surface area (Å²) >= 11 is 0. The molecule has 1 atom stereocenters. The third-order valence-electron chi connectivity index (χ3n) is 5.29. The van der Waals surface area contributed by atoms with Gasteiger partial charge in [-0.15, -0.1) is 0 Å². The normalized spacial score (nSPS) is 24.0. The topological polar surface area (TPSA) is 43.2 Å². The van der Waals surface area contributed by atoms with E-state index in [0.29, 0.717) is 12.0 Å². The Morgan fingerprint density at radius 2 is 2.04 bits per heavy atom. The molecule has 2 aromatic rings. The molecule has 0 radical (unpaired) electrons. The Morgan fingerprint density at radius 1 is 1.22 bits per heavy atom. The number of pyridine rings is 1. The van der Waals surface area contributed by atoms with E-state index in [-0.39, 0.29) is 6.23 Å².